The lowest BCUT2D eigenvalue weighted by Crippen LogP contribution is -2.29. The number of phenolic OH excluding ortho intramolecular Hbond substituents is 1. The summed E-state index contributed by atoms with van der Waals surface area (Å²) in [6.07, 6.45) is 0. The number of nitrogens with zero attached hydrogens (tertiary/aromatic N) is 1. The van der Waals surface area contributed by atoms with E-state index in [4.69, 9.17) is 9.47 Å². The molecular formula is C32H35NO6. The van der Waals surface area contributed by atoms with E-state index in [1.165, 1.54) is 17.0 Å². The Bertz CT molecular complexity index is 1350. The van der Waals surface area contributed by atoms with Crippen molar-refractivity contribution in [1.29, 1.82) is 0 Å². The Morgan fingerprint density at radius 3 is 2.05 bits per heavy atom. The van der Waals surface area contributed by atoms with Gasteiger partial charge in [-0.25, -0.2) is 0 Å². The van der Waals surface area contributed by atoms with E-state index in [0.29, 0.717) is 35.2 Å². The van der Waals surface area contributed by atoms with Gasteiger partial charge in [0.25, 0.3) is 11.7 Å². The molecule has 0 aliphatic carbocycles. The highest BCUT2D eigenvalue weighted by molar-refractivity contribution is 6.46. The van der Waals surface area contributed by atoms with Gasteiger partial charge >= 0.3 is 0 Å². The van der Waals surface area contributed by atoms with Crippen LogP contribution in [0.25, 0.3) is 5.76 Å². The predicted octanol–water partition coefficient (Wildman–Crippen LogP) is 6.23. The first kappa shape index (κ1) is 27.8. The summed E-state index contributed by atoms with van der Waals surface area (Å²) in [5.41, 5.74) is 1.44. The van der Waals surface area contributed by atoms with Crippen LogP contribution in [0.5, 0.6) is 17.2 Å². The molecule has 7 nitrogen and oxygen atoms in total. The van der Waals surface area contributed by atoms with Crippen LogP contribution in [0.15, 0.2) is 78.4 Å². The maximum Gasteiger partial charge on any atom is 0.295 e. The van der Waals surface area contributed by atoms with Crippen LogP contribution in [-0.2, 0) is 16.1 Å². The molecule has 0 saturated carbocycles. The second kappa shape index (κ2) is 11.2. The van der Waals surface area contributed by atoms with Crippen LogP contribution in [0.2, 0.25) is 0 Å². The van der Waals surface area contributed by atoms with Crippen molar-refractivity contribution in [3.8, 4) is 17.2 Å². The van der Waals surface area contributed by atoms with Crippen molar-refractivity contribution < 1.29 is 29.3 Å². The number of carbonyl (C=O) groups is 2. The van der Waals surface area contributed by atoms with E-state index in [-0.39, 0.29) is 29.2 Å². The van der Waals surface area contributed by atoms with Crippen LogP contribution in [0.3, 0.4) is 0 Å². The minimum absolute atomic E-state index is 0.00535. The van der Waals surface area contributed by atoms with Crippen LogP contribution < -0.4 is 9.47 Å². The molecule has 0 radical (unpaired) electrons. The average molecular weight is 530 g/mol. The normalized spacial score (nSPS) is 17.1. The van der Waals surface area contributed by atoms with Crippen LogP contribution in [-0.4, -0.2) is 39.0 Å². The van der Waals surface area contributed by atoms with E-state index >= 15 is 0 Å². The van der Waals surface area contributed by atoms with Crippen molar-refractivity contribution in [2.24, 2.45) is 5.92 Å². The van der Waals surface area contributed by atoms with Gasteiger partial charge in [-0.2, -0.15) is 0 Å². The van der Waals surface area contributed by atoms with Crippen LogP contribution in [0, 0.1) is 5.92 Å². The van der Waals surface area contributed by atoms with Gasteiger partial charge in [0.15, 0.2) is 0 Å². The minimum Gasteiger partial charge on any atom is -0.508 e. The van der Waals surface area contributed by atoms with Crippen molar-refractivity contribution in [1.82, 2.24) is 4.90 Å². The Labute approximate surface area is 229 Å². The highest BCUT2D eigenvalue weighted by atomic mass is 16.5. The lowest BCUT2D eigenvalue weighted by Gasteiger charge is -2.26. The number of aliphatic hydroxyl groups is 1. The SMILES string of the molecule is CC(C)COc1ccc(/C(O)=C2/C(=O)C(=O)N(Cc3ccc(OC(C)(C)C)cc3)C2c2ccc(O)cc2)cc1. The molecule has 1 fully saturated rings. The van der Waals surface area contributed by atoms with E-state index in [9.17, 15) is 19.8 Å². The van der Waals surface area contributed by atoms with E-state index in [1.807, 2.05) is 45.0 Å². The number of amides is 1. The lowest BCUT2D eigenvalue weighted by atomic mass is 9.95. The Balaban J connectivity index is 1.70. The molecule has 4 rings (SSSR count). The van der Waals surface area contributed by atoms with Gasteiger partial charge in [0.2, 0.25) is 0 Å². The maximum absolute atomic E-state index is 13.3. The quantitative estimate of drug-likeness (QED) is 0.204. The standard InChI is InChI=1S/C32H35NO6/c1-20(2)19-38-25-16-10-23(11-17-25)29(35)27-28(22-8-12-24(34)13-9-22)33(31(37)30(27)36)18-21-6-14-26(15-7-21)39-32(3,4)5/h6-17,20,28,34-35H,18-19H2,1-5H3/b29-27-. The fraction of sp³-hybridized carbons (Fsp3) is 0.312. The van der Waals surface area contributed by atoms with E-state index in [2.05, 4.69) is 13.8 Å². The molecule has 0 aromatic heterocycles. The van der Waals surface area contributed by atoms with Crippen molar-refractivity contribution >= 4 is 17.4 Å². The van der Waals surface area contributed by atoms with Gasteiger partial charge in [-0.1, -0.05) is 38.1 Å². The smallest absolute Gasteiger partial charge is 0.295 e. The van der Waals surface area contributed by atoms with Crippen LogP contribution in [0.1, 0.15) is 57.4 Å². The van der Waals surface area contributed by atoms with Crippen molar-refractivity contribution in [2.75, 3.05) is 6.61 Å². The molecule has 1 unspecified atom stereocenters. The average Bonchev–Trinajstić information content (AvgIpc) is 3.13. The second-order valence-electron chi connectivity index (χ2n) is 11.1. The Hall–Kier alpha value is -4.26. The van der Waals surface area contributed by atoms with Gasteiger partial charge in [0.1, 0.15) is 28.6 Å². The third-order valence-corrected chi connectivity index (χ3v) is 6.16. The monoisotopic (exact) mass is 529 g/mol. The number of aliphatic hydroxyl groups excluding tert-OH is 1. The first-order valence-corrected chi connectivity index (χ1v) is 13.0. The second-order valence-corrected chi connectivity index (χ2v) is 11.1. The topological polar surface area (TPSA) is 96.3 Å². The molecule has 3 aromatic rings. The van der Waals surface area contributed by atoms with Crippen molar-refractivity contribution in [2.45, 2.75) is 52.8 Å². The molecule has 1 aliphatic rings. The Morgan fingerprint density at radius 2 is 1.49 bits per heavy atom. The number of hydrogen-bond donors (Lipinski definition) is 2. The van der Waals surface area contributed by atoms with Gasteiger partial charge in [0.05, 0.1) is 18.2 Å². The summed E-state index contributed by atoms with van der Waals surface area (Å²) < 4.78 is 11.6. The zero-order chi connectivity index (χ0) is 28.3. The van der Waals surface area contributed by atoms with Crippen LogP contribution >= 0.6 is 0 Å². The number of likely N-dealkylation sites (tertiary alicyclic amines) is 1. The summed E-state index contributed by atoms with van der Waals surface area (Å²) in [6.45, 7) is 10.7. The number of rotatable bonds is 8. The highest BCUT2D eigenvalue weighted by Gasteiger charge is 2.46. The number of benzene rings is 3. The first-order chi connectivity index (χ1) is 18.4. The number of aromatic hydroxyl groups is 1. The Kier molecular flexibility index (Phi) is 8.00. The van der Waals surface area contributed by atoms with E-state index in [1.54, 1.807) is 36.4 Å². The highest BCUT2D eigenvalue weighted by Crippen LogP contribution is 2.41. The molecule has 2 N–H and O–H groups in total. The number of hydrogen-bond acceptors (Lipinski definition) is 6. The minimum atomic E-state index is -0.840. The van der Waals surface area contributed by atoms with Gasteiger partial charge in [0, 0.05) is 12.1 Å². The molecule has 1 amide bonds. The summed E-state index contributed by atoms with van der Waals surface area (Å²) in [6, 6.07) is 19.6. The summed E-state index contributed by atoms with van der Waals surface area (Å²) in [5, 5.41) is 21.1. The largest absolute Gasteiger partial charge is 0.508 e. The number of ketones is 1. The molecule has 0 spiro atoms. The molecule has 1 atom stereocenters. The zero-order valence-corrected chi connectivity index (χ0v) is 23.0. The van der Waals surface area contributed by atoms with Crippen molar-refractivity contribution in [3.05, 3.63) is 95.1 Å². The molecular weight excluding hydrogens is 494 g/mol. The third-order valence-electron chi connectivity index (χ3n) is 6.16. The van der Waals surface area contributed by atoms with E-state index < -0.39 is 17.7 Å². The predicted molar refractivity (Wildman–Crippen MR) is 150 cm³/mol. The number of carbonyl (C=O) groups excluding carboxylic acids is 2. The maximum atomic E-state index is 13.3. The molecule has 39 heavy (non-hydrogen) atoms. The fourth-order valence-corrected chi connectivity index (χ4v) is 4.39. The molecule has 0 bridgehead atoms. The zero-order valence-electron chi connectivity index (χ0n) is 23.0. The number of ether oxygens (including phenoxy) is 2. The summed E-state index contributed by atoms with van der Waals surface area (Å²) >= 11 is 0. The van der Waals surface area contributed by atoms with Gasteiger partial charge in [-0.05, 0) is 86.3 Å². The third kappa shape index (κ3) is 6.60. The number of phenols is 1. The molecule has 3 aromatic carbocycles. The lowest BCUT2D eigenvalue weighted by molar-refractivity contribution is -0.140. The molecule has 7 heteroatoms. The summed E-state index contributed by atoms with van der Waals surface area (Å²) in [4.78, 5) is 28.1. The first-order valence-electron chi connectivity index (χ1n) is 13.0. The molecule has 1 aliphatic heterocycles. The summed E-state index contributed by atoms with van der Waals surface area (Å²) in [5.74, 6) is 0.0285. The summed E-state index contributed by atoms with van der Waals surface area (Å²) in [7, 11) is 0. The van der Waals surface area contributed by atoms with Gasteiger partial charge < -0.3 is 24.6 Å². The van der Waals surface area contributed by atoms with Crippen molar-refractivity contribution in [3.63, 3.8) is 0 Å². The number of Topliss-reactive ketones (excluding diaryl/α,β-unsaturated/α-hetero) is 1. The van der Waals surface area contributed by atoms with Crippen LogP contribution in [0.4, 0.5) is 0 Å². The van der Waals surface area contributed by atoms with Gasteiger partial charge in [-0.15, -0.1) is 0 Å². The molecule has 204 valence electrons. The van der Waals surface area contributed by atoms with Gasteiger partial charge in [-0.3, -0.25) is 9.59 Å². The molecule has 1 heterocycles. The Morgan fingerprint density at radius 1 is 0.897 bits per heavy atom. The fourth-order valence-electron chi connectivity index (χ4n) is 4.39. The van der Waals surface area contributed by atoms with E-state index in [0.717, 1.165) is 5.56 Å². The molecule has 1 saturated heterocycles.